The lowest BCUT2D eigenvalue weighted by atomic mass is 10.1. The van der Waals surface area contributed by atoms with E-state index in [-0.39, 0.29) is 11.5 Å². The fraction of sp³-hybridized carbons (Fsp3) is 0.250. The number of nitrogens with one attached hydrogen (secondary N) is 1. The lowest BCUT2D eigenvalue weighted by Gasteiger charge is -2.04. The highest BCUT2D eigenvalue weighted by Gasteiger charge is 2.10. The van der Waals surface area contributed by atoms with Gasteiger partial charge in [-0.15, -0.1) is 0 Å². The van der Waals surface area contributed by atoms with Gasteiger partial charge in [-0.3, -0.25) is 4.79 Å². The highest BCUT2D eigenvalue weighted by Crippen LogP contribution is 2.21. The zero-order valence-corrected chi connectivity index (χ0v) is 9.03. The number of hydrogen-bond donors (Lipinski definition) is 3. The van der Waals surface area contributed by atoms with E-state index in [1.165, 1.54) is 6.92 Å². The third kappa shape index (κ3) is 2.06. The molecule has 0 aliphatic heterocycles. The second kappa shape index (κ2) is 3.98. The Hall–Kier alpha value is -1.81. The number of nitrogens with two attached hydrogens (primary N) is 1. The van der Waals surface area contributed by atoms with Gasteiger partial charge in [0, 0.05) is 23.0 Å². The van der Waals surface area contributed by atoms with E-state index in [1.807, 2.05) is 6.07 Å². The average Bonchev–Trinajstić information content (AvgIpc) is 2.58. The van der Waals surface area contributed by atoms with Crippen molar-refractivity contribution in [3.8, 4) is 5.75 Å². The van der Waals surface area contributed by atoms with Crippen LogP contribution in [-0.4, -0.2) is 21.9 Å². The number of carbonyl (C=O) groups excluding carboxylic acids is 1. The maximum Gasteiger partial charge on any atom is 0.146 e. The number of aromatic nitrogens is 1. The van der Waals surface area contributed by atoms with Crippen molar-refractivity contribution >= 4 is 16.7 Å². The Morgan fingerprint density at radius 1 is 1.50 bits per heavy atom. The van der Waals surface area contributed by atoms with Gasteiger partial charge in [0.2, 0.25) is 0 Å². The molecule has 4 N–H and O–H groups in total. The number of Topliss-reactive ketones (excluding diaryl/α,β-unsaturated/α-hetero) is 1. The van der Waals surface area contributed by atoms with E-state index in [1.54, 1.807) is 18.2 Å². The second-order valence-corrected chi connectivity index (χ2v) is 3.99. The van der Waals surface area contributed by atoms with E-state index in [4.69, 9.17) is 5.73 Å². The van der Waals surface area contributed by atoms with Gasteiger partial charge in [-0.1, -0.05) is 0 Å². The maximum atomic E-state index is 11.0. The summed E-state index contributed by atoms with van der Waals surface area (Å²) in [5.41, 5.74) is 7.52. The molecule has 0 radical (unpaired) electrons. The number of phenols is 1. The third-order valence-electron chi connectivity index (χ3n) is 2.62. The van der Waals surface area contributed by atoms with Crippen molar-refractivity contribution in [3.05, 3.63) is 30.0 Å². The van der Waals surface area contributed by atoms with Gasteiger partial charge in [0.25, 0.3) is 0 Å². The predicted molar refractivity (Wildman–Crippen MR) is 62.3 cm³/mol. The molecule has 0 bridgehead atoms. The Labute approximate surface area is 93.1 Å². The van der Waals surface area contributed by atoms with E-state index in [0.717, 1.165) is 16.6 Å². The van der Waals surface area contributed by atoms with Crippen LogP contribution in [0, 0.1) is 0 Å². The standard InChI is InChI=1S/C12H14N2O2/c1-7(15)11(13)6-9-4-8-5-10(16)2-3-12(8)14-9/h2-5,11,14,16H,6,13H2,1H3. The summed E-state index contributed by atoms with van der Waals surface area (Å²) in [6.07, 6.45) is 0.491. The van der Waals surface area contributed by atoms with Gasteiger partial charge in [-0.05, 0) is 31.2 Å². The molecule has 1 unspecified atom stereocenters. The summed E-state index contributed by atoms with van der Waals surface area (Å²) in [6.45, 7) is 1.49. The first-order chi connectivity index (χ1) is 7.56. The van der Waals surface area contributed by atoms with Crippen molar-refractivity contribution in [1.82, 2.24) is 4.98 Å². The summed E-state index contributed by atoms with van der Waals surface area (Å²) in [6, 6.07) is 6.52. The number of carbonyl (C=O) groups is 1. The molecule has 1 atom stereocenters. The first-order valence-electron chi connectivity index (χ1n) is 5.13. The van der Waals surface area contributed by atoms with Crippen LogP contribution < -0.4 is 5.73 Å². The first-order valence-corrected chi connectivity index (χ1v) is 5.13. The predicted octanol–water partition coefficient (Wildman–Crippen LogP) is 1.33. The van der Waals surface area contributed by atoms with Crippen LogP contribution in [0.4, 0.5) is 0 Å². The lowest BCUT2D eigenvalue weighted by molar-refractivity contribution is -0.118. The summed E-state index contributed by atoms with van der Waals surface area (Å²) in [7, 11) is 0. The molecule has 84 valence electrons. The van der Waals surface area contributed by atoms with Crippen molar-refractivity contribution in [1.29, 1.82) is 0 Å². The van der Waals surface area contributed by atoms with E-state index in [2.05, 4.69) is 4.98 Å². The van der Waals surface area contributed by atoms with Crippen LogP contribution >= 0.6 is 0 Å². The van der Waals surface area contributed by atoms with E-state index < -0.39 is 6.04 Å². The van der Waals surface area contributed by atoms with Crippen molar-refractivity contribution in [3.63, 3.8) is 0 Å². The van der Waals surface area contributed by atoms with Gasteiger partial charge in [0.05, 0.1) is 6.04 Å². The van der Waals surface area contributed by atoms with Crippen LogP contribution in [0.25, 0.3) is 10.9 Å². The molecule has 4 nitrogen and oxygen atoms in total. The summed E-state index contributed by atoms with van der Waals surface area (Å²) in [4.78, 5) is 14.2. The monoisotopic (exact) mass is 218 g/mol. The number of aromatic amines is 1. The minimum absolute atomic E-state index is 0.0264. The molecule has 1 heterocycles. The molecule has 0 amide bonds. The van der Waals surface area contributed by atoms with E-state index in [0.29, 0.717) is 6.42 Å². The van der Waals surface area contributed by atoms with E-state index >= 15 is 0 Å². The summed E-state index contributed by atoms with van der Waals surface area (Å²) in [5, 5.41) is 10.2. The molecule has 0 aliphatic rings. The highest BCUT2D eigenvalue weighted by atomic mass is 16.3. The molecule has 16 heavy (non-hydrogen) atoms. The zero-order valence-electron chi connectivity index (χ0n) is 9.03. The van der Waals surface area contributed by atoms with Gasteiger partial charge in [-0.25, -0.2) is 0 Å². The molecule has 1 aromatic carbocycles. The first kappa shape index (κ1) is 10.7. The molecular formula is C12H14N2O2. The molecule has 4 heteroatoms. The number of ketones is 1. The lowest BCUT2D eigenvalue weighted by Crippen LogP contribution is -2.30. The van der Waals surface area contributed by atoms with Gasteiger partial charge in [0.1, 0.15) is 11.5 Å². The van der Waals surface area contributed by atoms with Gasteiger partial charge in [-0.2, -0.15) is 0 Å². The van der Waals surface area contributed by atoms with Gasteiger partial charge >= 0.3 is 0 Å². The van der Waals surface area contributed by atoms with Gasteiger partial charge < -0.3 is 15.8 Å². The van der Waals surface area contributed by atoms with E-state index in [9.17, 15) is 9.90 Å². The molecule has 2 aromatic rings. The Bertz CT molecular complexity index is 531. The smallest absolute Gasteiger partial charge is 0.146 e. The fourth-order valence-corrected chi connectivity index (χ4v) is 1.67. The Kier molecular flexibility index (Phi) is 2.66. The maximum absolute atomic E-state index is 11.0. The van der Waals surface area contributed by atoms with Crippen LogP contribution in [0.1, 0.15) is 12.6 Å². The van der Waals surface area contributed by atoms with Gasteiger partial charge in [0.15, 0.2) is 0 Å². The molecule has 0 saturated heterocycles. The van der Waals surface area contributed by atoms with Crippen LogP contribution in [0.3, 0.4) is 0 Å². The van der Waals surface area contributed by atoms with Crippen LogP contribution in [0.2, 0.25) is 0 Å². The minimum atomic E-state index is -0.471. The molecule has 1 aromatic heterocycles. The number of hydrogen-bond acceptors (Lipinski definition) is 3. The summed E-state index contributed by atoms with van der Waals surface area (Å²) >= 11 is 0. The Morgan fingerprint density at radius 3 is 2.94 bits per heavy atom. The molecule has 2 rings (SSSR count). The molecule has 0 aliphatic carbocycles. The van der Waals surface area contributed by atoms with Crippen molar-refractivity contribution in [2.24, 2.45) is 5.73 Å². The average molecular weight is 218 g/mol. The SMILES string of the molecule is CC(=O)C(N)Cc1cc2cc(O)ccc2[nH]1. The summed E-state index contributed by atoms with van der Waals surface area (Å²) in [5.74, 6) is 0.204. The number of fused-ring (bicyclic) bond motifs is 1. The quantitative estimate of drug-likeness (QED) is 0.727. The zero-order chi connectivity index (χ0) is 11.7. The van der Waals surface area contributed by atoms with Crippen LogP contribution in [0.5, 0.6) is 5.75 Å². The molecule has 0 fully saturated rings. The molecular weight excluding hydrogens is 204 g/mol. The number of benzene rings is 1. The van der Waals surface area contributed by atoms with Crippen molar-refractivity contribution < 1.29 is 9.90 Å². The number of aromatic hydroxyl groups is 1. The highest BCUT2D eigenvalue weighted by molar-refractivity contribution is 5.83. The molecule has 0 saturated carbocycles. The van der Waals surface area contributed by atoms with Crippen LogP contribution in [-0.2, 0) is 11.2 Å². The normalized spacial score (nSPS) is 12.9. The Morgan fingerprint density at radius 2 is 2.25 bits per heavy atom. The topological polar surface area (TPSA) is 79.1 Å². The minimum Gasteiger partial charge on any atom is -0.508 e. The number of phenolic OH excluding ortho intramolecular Hbond substituents is 1. The third-order valence-corrected chi connectivity index (χ3v) is 2.62. The molecule has 0 spiro atoms. The number of H-pyrrole nitrogens is 1. The van der Waals surface area contributed by atoms with Crippen molar-refractivity contribution in [2.75, 3.05) is 0 Å². The van der Waals surface area contributed by atoms with Crippen LogP contribution in [0.15, 0.2) is 24.3 Å². The largest absolute Gasteiger partial charge is 0.508 e. The second-order valence-electron chi connectivity index (χ2n) is 3.99. The summed E-state index contributed by atoms with van der Waals surface area (Å²) < 4.78 is 0. The van der Waals surface area contributed by atoms with Crippen molar-refractivity contribution in [2.45, 2.75) is 19.4 Å². The number of rotatable bonds is 3. The Balaban J connectivity index is 2.29. The fourth-order valence-electron chi connectivity index (χ4n) is 1.67.